The molecule has 3 heteroatoms. The molecular formula is C12H24O2Si. The van der Waals surface area contributed by atoms with Gasteiger partial charge >= 0.3 is 0 Å². The Bertz CT molecular complexity index is 216. The lowest BCUT2D eigenvalue weighted by Crippen LogP contribution is -2.26. The van der Waals surface area contributed by atoms with Crippen LogP contribution in [0.4, 0.5) is 0 Å². The zero-order chi connectivity index (χ0) is 11.9. The summed E-state index contributed by atoms with van der Waals surface area (Å²) in [5.41, 5.74) is 0. The van der Waals surface area contributed by atoms with Gasteiger partial charge in [0, 0.05) is 0 Å². The Kier molecular flexibility index (Phi) is 6.41. The van der Waals surface area contributed by atoms with E-state index in [1.165, 1.54) is 0 Å². The molecule has 88 valence electrons. The fraction of sp³-hybridized carbons (Fsp3) is 0.667. The average molecular weight is 228 g/mol. The standard InChI is InChI=1S/C12H24O2Si/c1-7-10-12(14-15(4,5)6)13-11(8-2)9-3/h8,10-11H,2,7,9H2,1,3-6H3/b12-10-. The number of ether oxygens (including phenoxy) is 1. The molecule has 0 N–H and O–H groups in total. The van der Waals surface area contributed by atoms with Crippen LogP contribution in [0.15, 0.2) is 24.7 Å². The van der Waals surface area contributed by atoms with E-state index in [1.807, 2.05) is 12.2 Å². The third kappa shape index (κ3) is 7.25. The van der Waals surface area contributed by atoms with E-state index in [-0.39, 0.29) is 6.10 Å². The van der Waals surface area contributed by atoms with E-state index in [9.17, 15) is 0 Å². The van der Waals surface area contributed by atoms with Crippen LogP contribution in [0.25, 0.3) is 0 Å². The van der Waals surface area contributed by atoms with Gasteiger partial charge in [0.1, 0.15) is 6.10 Å². The molecule has 0 aromatic heterocycles. The molecule has 15 heavy (non-hydrogen) atoms. The lowest BCUT2D eigenvalue weighted by atomic mass is 10.3. The molecule has 1 unspecified atom stereocenters. The summed E-state index contributed by atoms with van der Waals surface area (Å²) < 4.78 is 11.6. The zero-order valence-corrected chi connectivity index (χ0v) is 11.7. The van der Waals surface area contributed by atoms with Gasteiger partial charge in [-0.1, -0.05) is 26.5 Å². The predicted octanol–water partition coefficient (Wildman–Crippen LogP) is 4.07. The van der Waals surface area contributed by atoms with Gasteiger partial charge in [-0.25, -0.2) is 0 Å². The van der Waals surface area contributed by atoms with Gasteiger partial charge < -0.3 is 9.16 Å². The molecule has 0 aromatic rings. The van der Waals surface area contributed by atoms with Crippen LogP contribution in [0.1, 0.15) is 26.7 Å². The van der Waals surface area contributed by atoms with E-state index in [0.29, 0.717) is 5.95 Å². The second-order valence-corrected chi connectivity index (χ2v) is 8.87. The first-order valence-electron chi connectivity index (χ1n) is 5.61. The Hall–Kier alpha value is -0.703. The minimum absolute atomic E-state index is 0.0548. The highest BCUT2D eigenvalue weighted by atomic mass is 28.4. The normalized spacial score (nSPS) is 14.6. The van der Waals surface area contributed by atoms with E-state index >= 15 is 0 Å². The first kappa shape index (κ1) is 14.3. The maximum absolute atomic E-state index is 5.84. The molecular weight excluding hydrogens is 204 g/mol. The zero-order valence-electron chi connectivity index (χ0n) is 10.7. The van der Waals surface area contributed by atoms with Crippen LogP contribution in [-0.2, 0) is 9.16 Å². The molecule has 2 nitrogen and oxygen atoms in total. The summed E-state index contributed by atoms with van der Waals surface area (Å²) in [6, 6.07) is 0. The molecule has 0 rings (SSSR count). The molecule has 0 aliphatic heterocycles. The van der Waals surface area contributed by atoms with Gasteiger partial charge in [-0.15, -0.1) is 0 Å². The van der Waals surface area contributed by atoms with Gasteiger partial charge in [0.2, 0.25) is 8.32 Å². The Morgan fingerprint density at radius 1 is 1.33 bits per heavy atom. The number of rotatable bonds is 7. The molecule has 0 aliphatic carbocycles. The summed E-state index contributed by atoms with van der Waals surface area (Å²) >= 11 is 0. The number of hydrogen-bond donors (Lipinski definition) is 0. The molecule has 0 fully saturated rings. The summed E-state index contributed by atoms with van der Waals surface area (Å²) in [4.78, 5) is 0. The predicted molar refractivity (Wildman–Crippen MR) is 68.2 cm³/mol. The van der Waals surface area contributed by atoms with Crippen LogP contribution in [0, 0.1) is 0 Å². The second kappa shape index (κ2) is 6.72. The van der Waals surface area contributed by atoms with Crippen LogP contribution in [0.3, 0.4) is 0 Å². The van der Waals surface area contributed by atoms with E-state index in [4.69, 9.17) is 9.16 Å². The van der Waals surface area contributed by atoms with Crippen molar-refractivity contribution in [2.75, 3.05) is 0 Å². The minimum atomic E-state index is -1.58. The summed E-state index contributed by atoms with van der Waals surface area (Å²) in [6.07, 6.45) is 5.70. The Morgan fingerprint density at radius 2 is 1.93 bits per heavy atom. The highest BCUT2D eigenvalue weighted by Gasteiger charge is 2.19. The van der Waals surface area contributed by atoms with Crippen molar-refractivity contribution in [1.29, 1.82) is 0 Å². The molecule has 0 bridgehead atoms. The number of allylic oxidation sites excluding steroid dienone is 1. The summed E-state index contributed by atoms with van der Waals surface area (Å²) in [5, 5.41) is 0. The molecule has 0 spiro atoms. The van der Waals surface area contributed by atoms with Gasteiger partial charge in [-0.2, -0.15) is 0 Å². The molecule has 1 atom stereocenters. The molecule has 0 radical (unpaired) electrons. The Morgan fingerprint density at radius 3 is 2.27 bits per heavy atom. The number of hydrogen-bond acceptors (Lipinski definition) is 2. The fourth-order valence-electron chi connectivity index (χ4n) is 1.03. The van der Waals surface area contributed by atoms with Crippen LogP contribution >= 0.6 is 0 Å². The summed E-state index contributed by atoms with van der Waals surface area (Å²) in [6.45, 7) is 14.3. The first-order valence-corrected chi connectivity index (χ1v) is 9.02. The van der Waals surface area contributed by atoms with Crippen molar-refractivity contribution in [3.8, 4) is 0 Å². The fourth-order valence-corrected chi connectivity index (χ4v) is 1.76. The van der Waals surface area contributed by atoms with Crippen molar-refractivity contribution in [2.45, 2.75) is 52.4 Å². The van der Waals surface area contributed by atoms with Gasteiger partial charge in [0.15, 0.2) is 0 Å². The van der Waals surface area contributed by atoms with Crippen LogP contribution in [0.2, 0.25) is 19.6 Å². The monoisotopic (exact) mass is 228 g/mol. The smallest absolute Gasteiger partial charge is 0.261 e. The maximum atomic E-state index is 5.84. The van der Waals surface area contributed by atoms with Crippen LogP contribution < -0.4 is 0 Å². The van der Waals surface area contributed by atoms with Crippen molar-refractivity contribution < 1.29 is 9.16 Å². The van der Waals surface area contributed by atoms with E-state index in [1.54, 1.807) is 0 Å². The van der Waals surface area contributed by atoms with Gasteiger partial charge in [-0.3, -0.25) is 0 Å². The lowest BCUT2D eigenvalue weighted by molar-refractivity contribution is 0.0625. The largest absolute Gasteiger partial charge is 0.520 e. The molecule has 0 heterocycles. The van der Waals surface area contributed by atoms with Gasteiger partial charge in [0.05, 0.1) is 0 Å². The highest BCUT2D eigenvalue weighted by Crippen LogP contribution is 2.15. The van der Waals surface area contributed by atoms with E-state index in [0.717, 1.165) is 12.8 Å². The third-order valence-electron chi connectivity index (χ3n) is 1.71. The van der Waals surface area contributed by atoms with E-state index < -0.39 is 8.32 Å². The topological polar surface area (TPSA) is 18.5 Å². The van der Waals surface area contributed by atoms with Crippen molar-refractivity contribution in [1.82, 2.24) is 0 Å². The summed E-state index contributed by atoms with van der Waals surface area (Å²) in [5.74, 6) is 0.670. The summed E-state index contributed by atoms with van der Waals surface area (Å²) in [7, 11) is -1.58. The Balaban J connectivity index is 4.41. The van der Waals surface area contributed by atoms with Crippen LogP contribution in [-0.4, -0.2) is 14.4 Å². The minimum Gasteiger partial charge on any atom is -0.520 e. The Labute approximate surface area is 95.1 Å². The molecule has 0 aliphatic rings. The van der Waals surface area contributed by atoms with Crippen molar-refractivity contribution in [3.63, 3.8) is 0 Å². The van der Waals surface area contributed by atoms with Crippen molar-refractivity contribution in [2.24, 2.45) is 0 Å². The van der Waals surface area contributed by atoms with Gasteiger partial charge in [-0.05, 0) is 38.6 Å². The van der Waals surface area contributed by atoms with Gasteiger partial charge in [0.25, 0.3) is 5.95 Å². The maximum Gasteiger partial charge on any atom is 0.261 e. The van der Waals surface area contributed by atoms with E-state index in [2.05, 4.69) is 40.1 Å². The second-order valence-electron chi connectivity index (χ2n) is 4.45. The molecule has 0 amide bonds. The average Bonchev–Trinajstić information content (AvgIpc) is 2.11. The van der Waals surface area contributed by atoms with Crippen molar-refractivity contribution in [3.05, 3.63) is 24.7 Å². The van der Waals surface area contributed by atoms with Crippen molar-refractivity contribution >= 4 is 8.32 Å². The third-order valence-corrected chi connectivity index (χ3v) is 2.52. The van der Waals surface area contributed by atoms with Crippen LogP contribution in [0.5, 0.6) is 0 Å². The lowest BCUT2D eigenvalue weighted by Gasteiger charge is -2.24. The molecule has 0 aromatic carbocycles. The molecule has 0 saturated carbocycles. The quantitative estimate of drug-likeness (QED) is 0.371. The molecule has 0 saturated heterocycles. The SMILES string of the molecule is C=CC(CC)O/C(=C/CC)O[Si](C)(C)C. The highest BCUT2D eigenvalue weighted by molar-refractivity contribution is 6.69. The first-order chi connectivity index (χ1) is 6.92.